The number of halogens is 2. The molecule has 0 radical (unpaired) electrons. The van der Waals surface area contributed by atoms with Crippen molar-refractivity contribution in [2.24, 2.45) is 0 Å². The van der Waals surface area contributed by atoms with Crippen LogP contribution in [0, 0.1) is 0 Å². The molecule has 1 saturated heterocycles. The Bertz CT molecular complexity index is 1300. The molecule has 4 aromatic rings. The van der Waals surface area contributed by atoms with E-state index in [1.54, 1.807) is 16.7 Å². The van der Waals surface area contributed by atoms with Crippen molar-refractivity contribution in [2.75, 3.05) is 31.2 Å². The van der Waals surface area contributed by atoms with Crippen LogP contribution in [0.2, 0.25) is 10.0 Å². The third-order valence-corrected chi connectivity index (χ3v) is 6.90. The van der Waals surface area contributed by atoms with Crippen LogP contribution in [0.1, 0.15) is 5.56 Å². The van der Waals surface area contributed by atoms with E-state index in [0.29, 0.717) is 34.5 Å². The highest BCUT2D eigenvalue weighted by Gasteiger charge is 2.22. The van der Waals surface area contributed by atoms with Crippen molar-refractivity contribution in [2.45, 2.75) is 6.54 Å². The first-order valence-electron chi connectivity index (χ1n) is 9.83. The quantitative estimate of drug-likeness (QED) is 0.430. The molecule has 0 spiro atoms. The molecule has 0 unspecified atom stereocenters. The Kier molecular flexibility index (Phi) is 5.67. The maximum absolute atomic E-state index is 13.1. The molecule has 1 fully saturated rings. The van der Waals surface area contributed by atoms with Crippen LogP contribution >= 0.6 is 34.5 Å². The van der Waals surface area contributed by atoms with Gasteiger partial charge in [-0.05, 0) is 17.7 Å². The number of aromatic nitrogens is 3. The third-order valence-electron chi connectivity index (χ3n) is 5.18. The number of rotatable bonds is 4. The Morgan fingerprint density at radius 3 is 2.55 bits per heavy atom. The molecule has 2 aromatic heterocycles. The summed E-state index contributed by atoms with van der Waals surface area (Å²) in [6.07, 6.45) is 0. The summed E-state index contributed by atoms with van der Waals surface area (Å²) < 4.78 is 7.11. The largest absolute Gasteiger partial charge is 0.378 e. The van der Waals surface area contributed by atoms with Gasteiger partial charge in [0.2, 0.25) is 0 Å². The fourth-order valence-electron chi connectivity index (χ4n) is 3.58. The number of ether oxygens (including phenoxy) is 1. The number of fused-ring (bicyclic) bond motifs is 1. The predicted molar refractivity (Wildman–Crippen MR) is 126 cm³/mol. The zero-order valence-corrected chi connectivity index (χ0v) is 18.8. The van der Waals surface area contributed by atoms with Crippen LogP contribution in [0.15, 0.2) is 53.3 Å². The highest BCUT2D eigenvalue weighted by Crippen LogP contribution is 2.34. The second-order valence-electron chi connectivity index (χ2n) is 7.18. The number of anilines is 1. The van der Waals surface area contributed by atoms with Gasteiger partial charge in [-0.3, -0.25) is 4.57 Å². The van der Waals surface area contributed by atoms with Crippen molar-refractivity contribution in [3.8, 4) is 11.3 Å². The van der Waals surface area contributed by atoms with Gasteiger partial charge < -0.3 is 9.64 Å². The zero-order chi connectivity index (χ0) is 21.4. The Balaban J connectivity index is 1.69. The molecule has 0 amide bonds. The number of nitrogens with zero attached hydrogens (tertiary/aromatic N) is 4. The molecule has 1 aliphatic heterocycles. The SMILES string of the molecule is O=c1nc(-c2ccccc2)c2nc(N3CCOCC3)sc2n1Cc1ccc(Cl)cc1Cl. The number of hydrogen-bond donors (Lipinski definition) is 0. The fraction of sp³-hybridized carbons (Fsp3) is 0.227. The Labute approximate surface area is 192 Å². The lowest BCUT2D eigenvalue weighted by molar-refractivity contribution is 0.122. The van der Waals surface area contributed by atoms with Gasteiger partial charge in [0.1, 0.15) is 16.0 Å². The molecular formula is C22H18Cl2N4O2S. The number of morpholine rings is 1. The molecule has 9 heteroatoms. The topological polar surface area (TPSA) is 60.3 Å². The lowest BCUT2D eigenvalue weighted by Crippen LogP contribution is -2.36. The molecule has 158 valence electrons. The van der Waals surface area contributed by atoms with Gasteiger partial charge in [-0.15, -0.1) is 0 Å². The smallest absolute Gasteiger partial charge is 0.349 e. The average Bonchev–Trinajstić information content (AvgIpc) is 3.23. The molecule has 31 heavy (non-hydrogen) atoms. The highest BCUT2D eigenvalue weighted by atomic mass is 35.5. The van der Waals surface area contributed by atoms with E-state index in [9.17, 15) is 4.79 Å². The van der Waals surface area contributed by atoms with Crippen LogP contribution in [-0.4, -0.2) is 40.8 Å². The summed E-state index contributed by atoms with van der Waals surface area (Å²) in [6.45, 7) is 3.14. The highest BCUT2D eigenvalue weighted by molar-refractivity contribution is 7.22. The summed E-state index contributed by atoms with van der Waals surface area (Å²) in [5.74, 6) is 0. The van der Waals surface area contributed by atoms with Gasteiger partial charge in [-0.2, -0.15) is 4.98 Å². The van der Waals surface area contributed by atoms with Gasteiger partial charge in [0.05, 0.1) is 19.8 Å². The van der Waals surface area contributed by atoms with E-state index < -0.39 is 0 Å². The van der Waals surface area contributed by atoms with Crippen molar-refractivity contribution in [3.05, 3.63) is 74.6 Å². The molecular weight excluding hydrogens is 455 g/mol. The summed E-state index contributed by atoms with van der Waals surface area (Å²) >= 11 is 13.9. The van der Waals surface area contributed by atoms with Crippen LogP contribution in [0.4, 0.5) is 5.13 Å². The van der Waals surface area contributed by atoms with E-state index in [1.807, 2.05) is 36.4 Å². The van der Waals surface area contributed by atoms with Crippen LogP contribution in [0.25, 0.3) is 21.6 Å². The summed E-state index contributed by atoms with van der Waals surface area (Å²) in [5, 5.41) is 1.92. The van der Waals surface area contributed by atoms with Crippen molar-refractivity contribution >= 4 is 50.0 Å². The Morgan fingerprint density at radius 1 is 1.03 bits per heavy atom. The predicted octanol–water partition coefficient (Wildman–Crippen LogP) is 4.71. The molecule has 2 aromatic carbocycles. The Hall–Kier alpha value is -2.45. The average molecular weight is 473 g/mol. The van der Waals surface area contributed by atoms with Crippen molar-refractivity contribution in [1.82, 2.24) is 14.5 Å². The number of hydrogen-bond acceptors (Lipinski definition) is 6. The van der Waals surface area contributed by atoms with Gasteiger partial charge in [0.15, 0.2) is 5.13 Å². The van der Waals surface area contributed by atoms with Crippen LogP contribution in [-0.2, 0) is 11.3 Å². The second kappa shape index (κ2) is 8.59. The standard InChI is InChI=1S/C22H18Cl2N4O2S/c23-16-7-6-15(17(24)12-16)13-28-20-19(26-22(31-20)27-8-10-30-11-9-27)18(25-21(28)29)14-4-2-1-3-5-14/h1-7,12H,8-11,13H2. The minimum Gasteiger partial charge on any atom is -0.378 e. The summed E-state index contributed by atoms with van der Waals surface area (Å²) in [7, 11) is 0. The zero-order valence-electron chi connectivity index (χ0n) is 16.4. The summed E-state index contributed by atoms with van der Waals surface area (Å²) in [5.41, 5.74) is 2.62. The molecule has 5 rings (SSSR count). The van der Waals surface area contributed by atoms with Gasteiger partial charge >= 0.3 is 5.69 Å². The normalized spacial score (nSPS) is 14.3. The minimum atomic E-state index is -0.338. The molecule has 0 saturated carbocycles. The van der Waals surface area contributed by atoms with Crippen LogP contribution in [0.5, 0.6) is 0 Å². The van der Waals surface area contributed by atoms with E-state index >= 15 is 0 Å². The van der Waals surface area contributed by atoms with Crippen LogP contribution < -0.4 is 10.6 Å². The second-order valence-corrected chi connectivity index (χ2v) is 8.98. The van der Waals surface area contributed by atoms with Gasteiger partial charge in [0, 0.05) is 28.7 Å². The maximum atomic E-state index is 13.1. The van der Waals surface area contributed by atoms with Gasteiger partial charge in [-0.25, -0.2) is 9.78 Å². The van der Waals surface area contributed by atoms with Crippen molar-refractivity contribution < 1.29 is 4.74 Å². The van der Waals surface area contributed by atoms with Crippen molar-refractivity contribution in [1.29, 1.82) is 0 Å². The minimum absolute atomic E-state index is 0.290. The van der Waals surface area contributed by atoms with Gasteiger partial charge in [0.25, 0.3) is 0 Å². The van der Waals surface area contributed by atoms with E-state index in [0.717, 1.165) is 34.2 Å². The van der Waals surface area contributed by atoms with Crippen LogP contribution in [0.3, 0.4) is 0 Å². The first-order valence-corrected chi connectivity index (χ1v) is 11.4. The van der Waals surface area contributed by atoms with E-state index in [2.05, 4.69) is 9.88 Å². The Morgan fingerprint density at radius 2 is 1.81 bits per heavy atom. The fourth-order valence-corrected chi connectivity index (χ4v) is 5.16. The number of benzene rings is 2. The van der Waals surface area contributed by atoms with E-state index in [1.165, 1.54) is 11.3 Å². The molecule has 0 N–H and O–H groups in total. The summed E-state index contributed by atoms with van der Waals surface area (Å²) in [4.78, 5) is 25.4. The maximum Gasteiger partial charge on any atom is 0.349 e. The molecule has 0 atom stereocenters. The number of thiazole rings is 1. The molecule has 0 aliphatic carbocycles. The molecule has 6 nitrogen and oxygen atoms in total. The van der Waals surface area contributed by atoms with Gasteiger partial charge in [-0.1, -0.05) is 70.9 Å². The molecule has 1 aliphatic rings. The lowest BCUT2D eigenvalue weighted by atomic mass is 10.1. The third kappa shape index (κ3) is 4.06. The molecule has 0 bridgehead atoms. The first kappa shape index (κ1) is 20.5. The summed E-state index contributed by atoms with van der Waals surface area (Å²) in [6, 6.07) is 14.9. The lowest BCUT2D eigenvalue weighted by Gasteiger charge is -2.25. The monoisotopic (exact) mass is 472 g/mol. The molecule has 3 heterocycles. The van der Waals surface area contributed by atoms with E-state index in [4.69, 9.17) is 32.9 Å². The van der Waals surface area contributed by atoms with E-state index in [-0.39, 0.29) is 12.2 Å². The first-order chi connectivity index (χ1) is 15.1. The van der Waals surface area contributed by atoms with Crippen molar-refractivity contribution in [3.63, 3.8) is 0 Å².